The minimum Gasteiger partial charge on any atom is -0.396 e. The van der Waals surface area contributed by atoms with Crippen LogP contribution in [0, 0.1) is 19.3 Å². The molecule has 0 aliphatic carbocycles. The lowest BCUT2D eigenvalue weighted by atomic mass is 10.2. The molecule has 56 valence electrons. The monoisotopic (exact) mass is 147 g/mol. The van der Waals surface area contributed by atoms with E-state index in [0.717, 1.165) is 5.69 Å². The second-order valence-corrected chi connectivity index (χ2v) is 2.24. The molecule has 0 atom stereocenters. The number of hydrogen-bond donors (Lipinski definition) is 2. The van der Waals surface area contributed by atoms with Gasteiger partial charge in [0.05, 0.1) is 11.4 Å². The third-order valence-electron chi connectivity index (χ3n) is 1.43. The lowest BCUT2D eigenvalue weighted by molar-refractivity contribution is 1.20. The Morgan fingerprint density at radius 3 is 2.73 bits per heavy atom. The summed E-state index contributed by atoms with van der Waals surface area (Å²) in [6, 6.07) is 1.65. The second kappa shape index (κ2) is 2.51. The number of hydrogen-bond acceptors (Lipinski definition) is 3. The molecule has 0 spiro atoms. The van der Waals surface area contributed by atoms with Crippen molar-refractivity contribution in [1.82, 2.24) is 4.98 Å². The zero-order chi connectivity index (χ0) is 8.43. The fourth-order valence-electron chi connectivity index (χ4n) is 0.785. The predicted molar refractivity (Wildman–Crippen MR) is 45.7 cm³/mol. The average molecular weight is 147 g/mol. The number of aryl methyl sites for hydroxylation is 1. The summed E-state index contributed by atoms with van der Waals surface area (Å²) in [6.07, 6.45) is 5.18. The standard InChI is InChI=1S/C8H9N3/c1-3-6-4-7(9)8(10)11-5(6)2/h1,4H,9H2,2H3,(H2,10,11). The number of rotatable bonds is 0. The molecular formula is C8H9N3. The van der Waals surface area contributed by atoms with Gasteiger partial charge in [0.1, 0.15) is 5.82 Å². The number of pyridine rings is 1. The number of nitrogens with two attached hydrogens (primary N) is 2. The van der Waals surface area contributed by atoms with E-state index in [1.165, 1.54) is 0 Å². The molecule has 1 rings (SSSR count). The molecule has 4 N–H and O–H groups in total. The lowest BCUT2D eigenvalue weighted by Gasteiger charge is -2.02. The van der Waals surface area contributed by atoms with Crippen molar-refractivity contribution in [3.63, 3.8) is 0 Å². The van der Waals surface area contributed by atoms with Gasteiger partial charge in [-0.1, -0.05) is 5.92 Å². The molecular weight excluding hydrogens is 138 g/mol. The highest BCUT2D eigenvalue weighted by Crippen LogP contribution is 2.15. The van der Waals surface area contributed by atoms with E-state index in [4.69, 9.17) is 17.9 Å². The maximum Gasteiger partial charge on any atom is 0.146 e. The molecule has 0 bridgehead atoms. The first-order valence-corrected chi connectivity index (χ1v) is 3.14. The van der Waals surface area contributed by atoms with E-state index in [9.17, 15) is 0 Å². The van der Waals surface area contributed by atoms with Crippen molar-refractivity contribution in [3.05, 3.63) is 17.3 Å². The molecule has 3 heteroatoms. The first kappa shape index (κ1) is 7.42. The van der Waals surface area contributed by atoms with Gasteiger partial charge in [-0.2, -0.15) is 0 Å². The third-order valence-corrected chi connectivity index (χ3v) is 1.43. The maximum absolute atomic E-state index is 5.48. The Morgan fingerprint density at radius 1 is 1.55 bits per heavy atom. The Balaban J connectivity index is 3.35. The van der Waals surface area contributed by atoms with E-state index in [-0.39, 0.29) is 0 Å². The Labute approximate surface area is 65.4 Å². The number of nitrogen functional groups attached to an aromatic ring is 2. The van der Waals surface area contributed by atoms with Crippen LogP contribution in [0.2, 0.25) is 0 Å². The number of aromatic nitrogens is 1. The van der Waals surface area contributed by atoms with Gasteiger partial charge in [-0.15, -0.1) is 6.42 Å². The van der Waals surface area contributed by atoms with Crippen LogP contribution in [-0.4, -0.2) is 4.98 Å². The number of anilines is 2. The van der Waals surface area contributed by atoms with Crippen molar-refractivity contribution in [2.45, 2.75) is 6.92 Å². The molecule has 0 amide bonds. The van der Waals surface area contributed by atoms with Crippen molar-refractivity contribution in [2.24, 2.45) is 0 Å². The van der Waals surface area contributed by atoms with Crippen LogP contribution in [0.5, 0.6) is 0 Å². The topological polar surface area (TPSA) is 64.9 Å². The zero-order valence-electron chi connectivity index (χ0n) is 6.26. The predicted octanol–water partition coefficient (Wildman–Crippen LogP) is 0.536. The van der Waals surface area contributed by atoms with E-state index in [1.54, 1.807) is 13.0 Å². The highest BCUT2D eigenvalue weighted by molar-refractivity contribution is 5.62. The van der Waals surface area contributed by atoms with Crippen molar-refractivity contribution in [2.75, 3.05) is 11.5 Å². The maximum atomic E-state index is 5.48. The van der Waals surface area contributed by atoms with Gasteiger partial charge >= 0.3 is 0 Å². The Hall–Kier alpha value is -1.69. The van der Waals surface area contributed by atoms with Gasteiger partial charge in [0.15, 0.2) is 0 Å². The summed E-state index contributed by atoms with van der Waals surface area (Å²) < 4.78 is 0. The van der Waals surface area contributed by atoms with E-state index < -0.39 is 0 Å². The molecule has 1 aromatic heterocycles. The highest BCUT2D eigenvalue weighted by atomic mass is 14.9. The molecule has 0 fully saturated rings. The average Bonchev–Trinajstić information content (AvgIpc) is 1.97. The Bertz CT molecular complexity index is 323. The van der Waals surface area contributed by atoms with Crippen LogP contribution in [0.1, 0.15) is 11.3 Å². The molecule has 1 heterocycles. The molecule has 0 unspecified atom stereocenters. The zero-order valence-corrected chi connectivity index (χ0v) is 6.26. The van der Waals surface area contributed by atoms with Crippen LogP contribution < -0.4 is 11.5 Å². The largest absolute Gasteiger partial charge is 0.396 e. The molecule has 0 saturated heterocycles. The third kappa shape index (κ3) is 1.24. The van der Waals surface area contributed by atoms with Crippen LogP contribution in [0.4, 0.5) is 11.5 Å². The van der Waals surface area contributed by atoms with Crippen molar-refractivity contribution in [1.29, 1.82) is 0 Å². The fraction of sp³-hybridized carbons (Fsp3) is 0.125. The Kier molecular flexibility index (Phi) is 1.69. The van der Waals surface area contributed by atoms with E-state index >= 15 is 0 Å². The summed E-state index contributed by atoms with van der Waals surface area (Å²) in [5.41, 5.74) is 12.8. The van der Waals surface area contributed by atoms with E-state index in [1.807, 2.05) is 0 Å². The first-order valence-electron chi connectivity index (χ1n) is 3.14. The van der Waals surface area contributed by atoms with Crippen LogP contribution in [0.3, 0.4) is 0 Å². The van der Waals surface area contributed by atoms with E-state index in [2.05, 4.69) is 10.9 Å². The Morgan fingerprint density at radius 2 is 2.18 bits per heavy atom. The summed E-state index contributed by atoms with van der Waals surface area (Å²) in [7, 11) is 0. The quantitative estimate of drug-likeness (QED) is 0.526. The SMILES string of the molecule is C#Cc1cc(N)c(N)nc1C. The van der Waals surface area contributed by atoms with Gasteiger partial charge in [0.25, 0.3) is 0 Å². The van der Waals surface area contributed by atoms with Crippen LogP contribution in [0.15, 0.2) is 6.07 Å². The number of terminal acetylenes is 1. The van der Waals surface area contributed by atoms with Gasteiger partial charge in [-0.05, 0) is 13.0 Å². The summed E-state index contributed by atoms with van der Waals surface area (Å²) in [5.74, 6) is 2.80. The minimum atomic E-state index is 0.335. The molecule has 3 nitrogen and oxygen atoms in total. The highest BCUT2D eigenvalue weighted by Gasteiger charge is 2.00. The van der Waals surface area contributed by atoms with Crippen LogP contribution >= 0.6 is 0 Å². The summed E-state index contributed by atoms with van der Waals surface area (Å²) in [5, 5.41) is 0. The molecule has 11 heavy (non-hydrogen) atoms. The van der Waals surface area contributed by atoms with Gasteiger partial charge in [-0.3, -0.25) is 0 Å². The normalized spacial score (nSPS) is 9.09. The van der Waals surface area contributed by atoms with Gasteiger partial charge in [0, 0.05) is 5.56 Å². The second-order valence-electron chi connectivity index (χ2n) is 2.24. The molecule has 0 aliphatic rings. The van der Waals surface area contributed by atoms with Crippen LogP contribution in [-0.2, 0) is 0 Å². The molecule has 0 radical (unpaired) electrons. The van der Waals surface area contributed by atoms with Crippen molar-refractivity contribution >= 4 is 11.5 Å². The van der Waals surface area contributed by atoms with Gasteiger partial charge < -0.3 is 11.5 Å². The molecule has 0 aromatic carbocycles. The summed E-state index contributed by atoms with van der Waals surface area (Å²) >= 11 is 0. The minimum absolute atomic E-state index is 0.335. The lowest BCUT2D eigenvalue weighted by Crippen LogP contribution is -2.00. The van der Waals surface area contributed by atoms with Gasteiger partial charge in [0.2, 0.25) is 0 Å². The smallest absolute Gasteiger partial charge is 0.146 e. The molecule has 0 aliphatic heterocycles. The van der Waals surface area contributed by atoms with Crippen LogP contribution in [0.25, 0.3) is 0 Å². The first-order chi connectivity index (χ1) is 5.15. The fourth-order valence-corrected chi connectivity index (χ4v) is 0.785. The van der Waals surface area contributed by atoms with Crippen molar-refractivity contribution < 1.29 is 0 Å². The van der Waals surface area contributed by atoms with Gasteiger partial charge in [-0.25, -0.2) is 4.98 Å². The molecule has 0 saturated carbocycles. The summed E-state index contributed by atoms with van der Waals surface area (Å²) in [6.45, 7) is 1.80. The molecule has 1 aromatic rings. The summed E-state index contributed by atoms with van der Waals surface area (Å²) in [4.78, 5) is 3.95. The number of nitrogens with zero attached hydrogens (tertiary/aromatic N) is 1. The van der Waals surface area contributed by atoms with Crippen molar-refractivity contribution in [3.8, 4) is 12.3 Å². The van der Waals surface area contributed by atoms with E-state index in [0.29, 0.717) is 17.1 Å².